The third-order valence-corrected chi connectivity index (χ3v) is 4.57. The second kappa shape index (κ2) is 8.31. The van der Waals surface area contributed by atoms with Crippen molar-refractivity contribution in [1.82, 2.24) is 10.2 Å². The van der Waals surface area contributed by atoms with Crippen molar-refractivity contribution in [2.75, 3.05) is 26.0 Å². The Balaban J connectivity index is 1.98. The second-order valence-corrected chi connectivity index (χ2v) is 7.06. The van der Waals surface area contributed by atoms with Crippen molar-refractivity contribution in [2.45, 2.75) is 19.9 Å². The van der Waals surface area contributed by atoms with Crippen molar-refractivity contribution in [2.24, 2.45) is 0 Å². The second-order valence-electron chi connectivity index (χ2n) is 6.21. The predicted octanol–water partition coefficient (Wildman–Crippen LogP) is 4.49. The number of rotatable bonds is 5. The molecule has 24 heavy (non-hydrogen) atoms. The summed E-state index contributed by atoms with van der Waals surface area (Å²) < 4.78 is 0.875. The topological polar surface area (TPSA) is 44.4 Å². The number of urea groups is 1. The highest BCUT2D eigenvalue weighted by atomic mass is 79.9. The maximum Gasteiger partial charge on any atom is 0.319 e. The first-order valence-electron chi connectivity index (χ1n) is 7.91. The molecule has 0 unspecified atom stereocenters. The van der Waals surface area contributed by atoms with Gasteiger partial charge >= 0.3 is 6.03 Å². The normalized spacial score (nSPS) is 12.1. The van der Waals surface area contributed by atoms with Gasteiger partial charge < -0.3 is 15.5 Å². The number of carbonyl (C=O) groups is 1. The zero-order valence-electron chi connectivity index (χ0n) is 14.6. The molecule has 2 N–H and O–H groups in total. The van der Waals surface area contributed by atoms with Crippen LogP contribution in [0.25, 0.3) is 0 Å². The van der Waals surface area contributed by atoms with Crippen LogP contribution in [0.4, 0.5) is 10.5 Å². The quantitative estimate of drug-likeness (QED) is 0.790. The van der Waals surface area contributed by atoms with E-state index in [2.05, 4.69) is 62.7 Å². The highest BCUT2D eigenvalue weighted by Crippen LogP contribution is 2.23. The fourth-order valence-electron chi connectivity index (χ4n) is 2.46. The van der Waals surface area contributed by atoms with Crippen LogP contribution in [-0.4, -0.2) is 31.6 Å². The molecular formula is C19H24BrN3O. The average Bonchev–Trinajstić information content (AvgIpc) is 2.52. The maximum atomic E-state index is 12.2. The first-order valence-corrected chi connectivity index (χ1v) is 8.70. The summed E-state index contributed by atoms with van der Waals surface area (Å²) in [5.74, 6) is 0. The fraction of sp³-hybridized carbons (Fsp3) is 0.316. The Bertz CT molecular complexity index is 698. The van der Waals surface area contributed by atoms with Crippen LogP contribution >= 0.6 is 15.9 Å². The summed E-state index contributed by atoms with van der Waals surface area (Å²) in [5, 5.41) is 5.83. The van der Waals surface area contributed by atoms with E-state index in [-0.39, 0.29) is 12.1 Å². The molecule has 1 atom stereocenters. The number of hydrogen-bond donors (Lipinski definition) is 2. The third kappa shape index (κ3) is 5.08. The van der Waals surface area contributed by atoms with Crippen molar-refractivity contribution in [3.8, 4) is 0 Å². The third-order valence-electron chi connectivity index (χ3n) is 3.91. The van der Waals surface area contributed by atoms with Gasteiger partial charge in [0.15, 0.2) is 0 Å². The van der Waals surface area contributed by atoms with Crippen molar-refractivity contribution >= 4 is 27.6 Å². The van der Waals surface area contributed by atoms with Crippen LogP contribution in [0, 0.1) is 13.8 Å². The molecule has 0 saturated heterocycles. The maximum absolute atomic E-state index is 12.2. The standard InChI is InChI=1S/C19H24BrN3O/c1-13-5-8-15(9-6-13)18(23(3)4)12-21-19(24)22-17-10-7-14(2)11-16(17)20/h5-11,18H,12H2,1-4H3,(H2,21,22,24)/t18-/m0/s1. The SMILES string of the molecule is Cc1ccc([C@H](CNC(=O)Nc2ccc(C)cc2Br)N(C)C)cc1. The van der Waals surface area contributed by atoms with E-state index < -0.39 is 0 Å². The molecule has 0 saturated carbocycles. The monoisotopic (exact) mass is 389 g/mol. The largest absolute Gasteiger partial charge is 0.336 e. The van der Waals surface area contributed by atoms with E-state index in [0.29, 0.717) is 6.54 Å². The number of hydrogen-bond acceptors (Lipinski definition) is 2. The molecule has 128 valence electrons. The molecule has 2 aromatic rings. The number of halogens is 1. The van der Waals surface area contributed by atoms with E-state index >= 15 is 0 Å². The van der Waals surface area contributed by atoms with E-state index in [9.17, 15) is 4.79 Å². The number of nitrogens with one attached hydrogen (secondary N) is 2. The van der Waals surface area contributed by atoms with Gasteiger partial charge in [0.2, 0.25) is 0 Å². The molecule has 0 fully saturated rings. The van der Waals surface area contributed by atoms with Gasteiger partial charge in [-0.1, -0.05) is 35.9 Å². The molecule has 0 aliphatic rings. The first kappa shape index (κ1) is 18.5. The van der Waals surface area contributed by atoms with E-state index in [1.54, 1.807) is 0 Å². The van der Waals surface area contributed by atoms with Crippen LogP contribution in [0.15, 0.2) is 46.9 Å². The minimum absolute atomic E-state index is 0.123. The number of benzene rings is 2. The van der Waals surface area contributed by atoms with Crippen LogP contribution in [0.2, 0.25) is 0 Å². The van der Waals surface area contributed by atoms with Crippen molar-refractivity contribution in [1.29, 1.82) is 0 Å². The number of anilines is 1. The minimum Gasteiger partial charge on any atom is -0.336 e. The van der Waals surface area contributed by atoms with Gasteiger partial charge in [-0.2, -0.15) is 0 Å². The van der Waals surface area contributed by atoms with E-state index in [0.717, 1.165) is 15.7 Å². The van der Waals surface area contributed by atoms with Crippen molar-refractivity contribution in [3.05, 3.63) is 63.6 Å². The minimum atomic E-state index is -0.210. The van der Waals surface area contributed by atoms with E-state index in [1.165, 1.54) is 11.1 Å². The van der Waals surface area contributed by atoms with Gasteiger partial charge in [0, 0.05) is 11.0 Å². The van der Waals surface area contributed by atoms with Crippen LogP contribution < -0.4 is 10.6 Å². The Morgan fingerprint density at radius 3 is 2.29 bits per heavy atom. The Morgan fingerprint density at radius 1 is 1.08 bits per heavy atom. The lowest BCUT2D eigenvalue weighted by atomic mass is 10.0. The van der Waals surface area contributed by atoms with Gasteiger partial charge in [-0.25, -0.2) is 4.79 Å². The van der Waals surface area contributed by atoms with Gasteiger partial charge in [0.05, 0.1) is 11.7 Å². The van der Waals surface area contributed by atoms with Gasteiger partial charge in [-0.15, -0.1) is 0 Å². The molecule has 4 nitrogen and oxygen atoms in total. The molecule has 0 aliphatic heterocycles. The van der Waals surface area contributed by atoms with E-state index in [4.69, 9.17) is 0 Å². The van der Waals surface area contributed by atoms with Crippen molar-refractivity contribution in [3.63, 3.8) is 0 Å². The Morgan fingerprint density at radius 2 is 1.71 bits per heavy atom. The molecule has 0 heterocycles. The lowest BCUT2D eigenvalue weighted by molar-refractivity contribution is 0.243. The van der Waals surface area contributed by atoms with Gasteiger partial charge in [0.25, 0.3) is 0 Å². The zero-order valence-corrected chi connectivity index (χ0v) is 16.1. The Hall–Kier alpha value is -1.85. The lowest BCUT2D eigenvalue weighted by Crippen LogP contribution is -2.37. The number of amides is 2. The van der Waals surface area contributed by atoms with Crippen LogP contribution in [0.5, 0.6) is 0 Å². The number of carbonyl (C=O) groups excluding carboxylic acids is 1. The fourth-order valence-corrected chi connectivity index (χ4v) is 3.06. The number of likely N-dealkylation sites (N-methyl/N-ethyl adjacent to an activating group) is 1. The summed E-state index contributed by atoms with van der Waals surface area (Å²) >= 11 is 3.47. The molecule has 2 amide bonds. The number of aryl methyl sites for hydroxylation is 2. The molecule has 0 spiro atoms. The Labute approximate surface area is 152 Å². The van der Waals surface area contributed by atoms with E-state index in [1.807, 2.05) is 39.2 Å². The predicted molar refractivity (Wildman–Crippen MR) is 104 cm³/mol. The highest BCUT2D eigenvalue weighted by Gasteiger charge is 2.15. The molecule has 0 aliphatic carbocycles. The molecule has 0 radical (unpaired) electrons. The zero-order chi connectivity index (χ0) is 17.7. The summed E-state index contributed by atoms with van der Waals surface area (Å²) in [4.78, 5) is 14.3. The smallest absolute Gasteiger partial charge is 0.319 e. The molecule has 2 aromatic carbocycles. The molecule has 5 heteroatoms. The first-order chi connectivity index (χ1) is 11.4. The lowest BCUT2D eigenvalue weighted by Gasteiger charge is -2.25. The molecular weight excluding hydrogens is 366 g/mol. The van der Waals surface area contributed by atoms with Crippen molar-refractivity contribution < 1.29 is 4.79 Å². The summed E-state index contributed by atoms with van der Waals surface area (Å²) in [6.07, 6.45) is 0. The van der Waals surface area contributed by atoms with Gasteiger partial charge in [-0.05, 0) is 67.1 Å². The highest BCUT2D eigenvalue weighted by molar-refractivity contribution is 9.10. The number of nitrogens with zero attached hydrogens (tertiary/aromatic N) is 1. The Kier molecular flexibility index (Phi) is 6.40. The molecule has 2 rings (SSSR count). The molecule has 0 aromatic heterocycles. The molecule has 0 bridgehead atoms. The average molecular weight is 390 g/mol. The van der Waals surface area contributed by atoms with Gasteiger partial charge in [0.1, 0.15) is 0 Å². The summed E-state index contributed by atoms with van der Waals surface area (Å²) in [5.41, 5.74) is 4.31. The summed E-state index contributed by atoms with van der Waals surface area (Å²) in [6, 6.07) is 14.1. The van der Waals surface area contributed by atoms with Crippen LogP contribution in [-0.2, 0) is 0 Å². The van der Waals surface area contributed by atoms with Crippen LogP contribution in [0.1, 0.15) is 22.7 Å². The summed E-state index contributed by atoms with van der Waals surface area (Å²) in [6.45, 7) is 4.61. The van der Waals surface area contributed by atoms with Crippen LogP contribution in [0.3, 0.4) is 0 Å². The van der Waals surface area contributed by atoms with Gasteiger partial charge in [-0.3, -0.25) is 0 Å². The summed E-state index contributed by atoms with van der Waals surface area (Å²) in [7, 11) is 4.03.